The first-order valence-corrected chi connectivity index (χ1v) is 12.4. The van der Waals surface area contributed by atoms with Gasteiger partial charge in [-0.2, -0.15) is 0 Å². The molecule has 1 saturated heterocycles. The fraction of sp³-hybridized carbons (Fsp3) is 0.481. The quantitative estimate of drug-likeness (QED) is 0.551. The van der Waals surface area contributed by atoms with Crippen molar-refractivity contribution in [2.24, 2.45) is 5.92 Å². The minimum absolute atomic E-state index is 0.188. The Morgan fingerprint density at radius 1 is 1.06 bits per heavy atom. The molecule has 5 rings (SSSR count). The van der Waals surface area contributed by atoms with E-state index in [-0.39, 0.29) is 11.7 Å². The first-order valence-electron chi connectivity index (χ1n) is 12.0. The van der Waals surface area contributed by atoms with E-state index in [0.717, 1.165) is 73.7 Å². The summed E-state index contributed by atoms with van der Waals surface area (Å²) in [6, 6.07) is 12.2. The number of piperidine rings is 1. The van der Waals surface area contributed by atoms with E-state index < -0.39 is 0 Å². The van der Waals surface area contributed by atoms with Crippen molar-refractivity contribution in [3.8, 4) is 0 Å². The molecule has 0 radical (unpaired) electrons. The molecule has 2 aromatic carbocycles. The molecule has 0 saturated carbocycles. The molecule has 1 fully saturated rings. The van der Waals surface area contributed by atoms with Crippen LogP contribution in [0.1, 0.15) is 59.2 Å². The molecule has 4 nitrogen and oxygen atoms in total. The maximum absolute atomic E-state index is 13.0. The monoisotopic (exact) mass is 450 g/mol. The molecule has 0 spiro atoms. The number of hydrogen-bond donors (Lipinski definition) is 0. The van der Waals surface area contributed by atoms with Crippen LogP contribution in [0.4, 0.5) is 5.69 Å². The lowest BCUT2D eigenvalue weighted by atomic mass is 9.89. The average Bonchev–Trinajstić information content (AvgIpc) is 3.13. The van der Waals surface area contributed by atoms with Crippen LogP contribution < -0.4 is 4.90 Å². The number of rotatable bonds is 7. The summed E-state index contributed by atoms with van der Waals surface area (Å²) < 4.78 is 0. The normalized spacial score (nSPS) is 18.8. The summed E-state index contributed by atoms with van der Waals surface area (Å²) in [5.74, 6) is 1.06. The molecular weight excluding hydrogens is 420 g/mol. The number of anilines is 1. The van der Waals surface area contributed by atoms with Gasteiger partial charge in [0.1, 0.15) is 0 Å². The number of carbonyl (C=O) groups excluding carboxylic acids is 2. The molecule has 0 unspecified atom stereocenters. The summed E-state index contributed by atoms with van der Waals surface area (Å²) >= 11 is 6.09. The van der Waals surface area contributed by atoms with Gasteiger partial charge < -0.3 is 9.80 Å². The van der Waals surface area contributed by atoms with Gasteiger partial charge >= 0.3 is 0 Å². The number of Topliss-reactive ketones (excluding diaryl/α,β-unsaturated/α-hetero) is 1. The van der Waals surface area contributed by atoms with E-state index in [4.69, 9.17) is 11.6 Å². The molecule has 0 bridgehead atoms. The first-order chi connectivity index (χ1) is 15.6. The van der Waals surface area contributed by atoms with Crippen LogP contribution in [0.15, 0.2) is 36.4 Å². The van der Waals surface area contributed by atoms with E-state index in [0.29, 0.717) is 18.8 Å². The van der Waals surface area contributed by atoms with Gasteiger partial charge in [-0.05, 0) is 98.5 Å². The molecule has 0 N–H and O–H groups in total. The van der Waals surface area contributed by atoms with E-state index in [2.05, 4.69) is 23.1 Å². The van der Waals surface area contributed by atoms with Crippen LogP contribution in [-0.4, -0.2) is 42.8 Å². The predicted octanol–water partition coefficient (Wildman–Crippen LogP) is 5.09. The number of amides is 1. The van der Waals surface area contributed by atoms with Crippen molar-refractivity contribution < 1.29 is 9.59 Å². The number of aryl methyl sites for hydroxylation is 1. The van der Waals surface area contributed by atoms with Gasteiger partial charge in [0, 0.05) is 30.1 Å². The molecule has 3 aliphatic rings. The zero-order chi connectivity index (χ0) is 22.1. The Kier molecular flexibility index (Phi) is 6.34. The smallest absolute Gasteiger partial charge is 0.231 e. The van der Waals surface area contributed by atoms with E-state index in [9.17, 15) is 9.59 Å². The van der Waals surface area contributed by atoms with Crippen LogP contribution in [0.5, 0.6) is 0 Å². The lowest BCUT2D eigenvalue weighted by molar-refractivity contribution is -0.117. The molecule has 3 heterocycles. The number of nitrogens with zero attached hydrogens (tertiary/aromatic N) is 2. The highest BCUT2D eigenvalue weighted by atomic mass is 35.5. The van der Waals surface area contributed by atoms with Gasteiger partial charge in [0.2, 0.25) is 5.91 Å². The minimum atomic E-state index is 0.188. The van der Waals surface area contributed by atoms with Crippen molar-refractivity contribution in [2.75, 3.05) is 31.1 Å². The summed E-state index contributed by atoms with van der Waals surface area (Å²) in [5.41, 5.74) is 5.46. The standard InChI is InChI=1S/C27H31ClN2O2/c28-24-5-1-3-20(15-24)10-14-29-12-8-19(9-13-29)6-7-25(31)22-16-21-4-2-11-30-26(32)18-23(17-22)27(21)30/h1,3,5,15-17,19H,2,4,6-14,18H2. The van der Waals surface area contributed by atoms with E-state index in [1.165, 1.54) is 24.0 Å². The number of likely N-dealkylation sites (tertiary alicyclic amines) is 1. The van der Waals surface area contributed by atoms with Gasteiger partial charge in [-0.1, -0.05) is 23.7 Å². The summed E-state index contributed by atoms with van der Waals surface area (Å²) in [6.07, 6.45) is 7.37. The highest BCUT2D eigenvalue weighted by molar-refractivity contribution is 6.30. The Hall–Kier alpha value is -2.17. The fourth-order valence-electron chi connectivity index (χ4n) is 5.60. The molecule has 3 aliphatic heterocycles. The van der Waals surface area contributed by atoms with Crippen LogP contribution in [-0.2, 0) is 24.1 Å². The van der Waals surface area contributed by atoms with Gasteiger partial charge in [0.25, 0.3) is 0 Å². The fourth-order valence-corrected chi connectivity index (χ4v) is 5.81. The Morgan fingerprint density at radius 2 is 1.88 bits per heavy atom. The Morgan fingerprint density at radius 3 is 2.69 bits per heavy atom. The molecular formula is C27H31ClN2O2. The third-order valence-electron chi connectivity index (χ3n) is 7.42. The summed E-state index contributed by atoms with van der Waals surface area (Å²) in [6.45, 7) is 4.12. The Labute approximate surface area is 195 Å². The highest BCUT2D eigenvalue weighted by Crippen LogP contribution is 2.38. The lowest BCUT2D eigenvalue weighted by Crippen LogP contribution is -2.35. The second-order valence-electron chi connectivity index (χ2n) is 9.60. The molecule has 0 aromatic heterocycles. The van der Waals surface area contributed by atoms with Gasteiger partial charge in [0.15, 0.2) is 5.78 Å². The van der Waals surface area contributed by atoms with Crippen LogP contribution in [0.2, 0.25) is 5.02 Å². The van der Waals surface area contributed by atoms with Gasteiger partial charge in [0.05, 0.1) is 12.1 Å². The van der Waals surface area contributed by atoms with E-state index >= 15 is 0 Å². The average molecular weight is 451 g/mol. The second kappa shape index (κ2) is 9.36. The van der Waals surface area contributed by atoms with Crippen LogP contribution in [0.3, 0.4) is 0 Å². The summed E-state index contributed by atoms with van der Waals surface area (Å²) in [4.78, 5) is 29.7. The number of carbonyl (C=O) groups is 2. The maximum Gasteiger partial charge on any atom is 0.231 e. The van der Waals surface area contributed by atoms with E-state index in [1.54, 1.807) is 0 Å². The van der Waals surface area contributed by atoms with Crippen LogP contribution in [0, 0.1) is 5.92 Å². The maximum atomic E-state index is 13.0. The Bertz CT molecular complexity index is 1030. The number of hydrogen-bond acceptors (Lipinski definition) is 3. The number of ketones is 1. The topological polar surface area (TPSA) is 40.6 Å². The third-order valence-corrected chi connectivity index (χ3v) is 7.66. The van der Waals surface area contributed by atoms with Crippen molar-refractivity contribution in [1.82, 2.24) is 4.90 Å². The second-order valence-corrected chi connectivity index (χ2v) is 10.0. The van der Waals surface area contributed by atoms with Crippen molar-refractivity contribution in [1.29, 1.82) is 0 Å². The molecule has 168 valence electrons. The summed E-state index contributed by atoms with van der Waals surface area (Å²) in [7, 11) is 0. The third kappa shape index (κ3) is 4.62. The number of halogens is 1. The van der Waals surface area contributed by atoms with Gasteiger partial charge in [-0.25, -0.2) is 0 Å². The zero-order valence-corrected chi connectivity index (χ0v) is 19.4. The lowest BCUT2D eigenvalue weighted by Gasteiger charge is -2.32. The van der Waals surface area contributed by atoms with Crippen molar-refractivity contribution in [3.63, 3.8) is 0 Å². The Balaban J connectivity index is 1.10. The van der Waals surface area contributed by atoms with Crippen molar-refractivity contribution in [2.45, 2.75) is 51.4 Å². The minimum Gasteiger partial charge on any atom is -0.312 e. The predicted molar refractivity (Wildman–Crippen MR) is 129 cm³/mol. The SMILES string of the molecule is O=C(CCC1CCN(CCc2cccc(Cl)c2)CC1)c1cc2c3c(c1)CC(=O)N3CCC2. The highest BCUT2D eigenvalue weighted by Gasteiger charge is 2.33. The number of benzene rings is 2. The molecule has 5 heteroatoms. The van der Waals surface area contributed by atoms with Crippen molar-refractivity contribution >= 4 is 29.0 Å². The summed E-state index contributed by atoms with van der Waals surface area (Å²) in [5, 5.41) is 0.808. The molecule has 32 heavy (non-hydrogen) atoms. The molecule has 1 amide bonds. The van der Waals surface area contributed by atoms with Crippen molar-refractivity contribution in [3.05, 3.63) is 63.7 Å². The van der Waals surface area contributed by atoms with Crippen LogP contribution >= 0.6 is 11.6 Å². The van der Waals surface area contributed by atoms with E-state index in [1.807, 2.05) is 23.1 Å². The van der Waals surface area contributed by atoms with Crippen LogP contribution in [0.25, 0.3) is 0 Å². The zero-order valence-electron chi connectivity index (χ0n) is 18.6. The molecule has 0 atom stereocenters. The molecule has 2 aromatic rings. The van der Waals surface area contributed by atoms with Gasteiger partial charge in [-0.15, -0.1) is 0 Å². The largest absolute Gasteiger partial charge is 0.312 e. The molecule has 0 aliphatic carbocycles. The first kappa shape index (κ1) is 21.7. The van der Waals surface area contributed by atoms with Gasteiger partial charge in [-0.3, -0.25) is 9.59 Å².